The highest BCUT2D eigenvalue weighted by Crippen LogP contribution is 2.41. The van der Waals surface area contributed by atoms with Gasteiger partial charge < -0.3 is 10.2 Å². The van der Waals surface area contributed by atoms with Gasteiger partial charge in [-0.05, 0) is 80.7 Å². The lowest BCUT2D eigenvalue weighted by Gasteiger charge is -2.28. The summed E-state index contributed by atoms with van der Waals surface area (Å²) in [4.78, 5) is 49.8. The fourth-order valence-electron chi connectivity index (χ4n) is 5.61. The van der Waals surface area contributed by atoms with Gasteiger partial charge in [-0.15, -0.1) is 0 Å². The molecule has 8 heteroatoms. The standard InChI is InChI=1S/C40H60N2O6/c1-37(2,3)27-21-25(22-28(35(27)47)38(4,5)6)17-19-33(45)41-31(43)15-13-14-16-32(44)42-34(46)20-18-26-23-29(39(7,8)9)36(48)30(24-26)40(10,11)12/h21-24,47-48H,13-20H2,1-12H3,(H,41,43,45)(H,42,44,46). The van der Waals surface area contributed by atoms with Crippen molar-refractivity contribution in [3.8, 4) is 11.5 Å². The van der Waals surface area contributed by atoms with Gasteiger partial charge in [0, 0.05) is 25.7 Å². The number of phenolic OH excluding ortho intramolecular Hbond substituents is 2. The maximum atomic E-state index is 12.5. The third-order valence-corrected chi connectivity index (χ3v) is 8.47. The van der Waals surface area contributed by atoms with Crippen LogP contribution in [0.3, 0.4) is 0 Å². The van der Waals surface area contributed by atoms with Crippen molar-refractivity contribution in [2.75, 3.05) is 0 Å². The first-order chi connectivity index (χ1) is 21.8. The van der Waals surface area contributed by atoms with Crippen molar-refractivity contribution < 1.29 is 29.4 Å². The van der Waals surface area contributed by atoms with Gasteiger partial charge in [-0.2, -0.15) is 0 Å². The topological polar surface area (TPSA) is 133 Å². The molecule has 0 aliphatic carbocycles. The average molecular weight is 665 g/mol. The molecule has 0 fully saturated rings. The first-order valence-electron chi connectivity index (χ1n) is 17.2. The van der Waals surface area contributed by atoms with Crippen molar-refractivity contribution in [2.45, 2.75) is 156 Å². The molecule has 0 aliphatic rings. The van der Waals surface area contributed by atoms with Crippen LogP contribution in [0, 0.1) is 0 Å². The maximum absolute atomic E-state index is 12.5. The number of benzene rings is 2. The number of hydrogen-bond donors (Lipinski definition) is 4. The van der Waals surface area contributed by atoms with E-state index < -0.39 is 11.8 Å². The number of carbonyl (C=O) groups excluding carboxylic acids is 4. The molecule has 0 saturated heterocycles. The molecule has 0 radical (unpaired) electrons. The van der Waals surface area contributed by atoms with Crippen LogP contribution < -0.4 is 10.6 Å². The van der Waals surface area contributed by atoms with Crippen molar-refractivity contribution >= 4 is 23.6 Å². The molecule has 2 aromatic rings. The quantitative estimate of drug-likeness (QED) is 0.182. The number of amides is 4. The summed E-state index contributed by atoms with van der Waals surface area (Å²) >= 11 is 0. The molecule has 0 unspecified atom stereocenters. The van der Waals surface area contributed by atoms with Crippen molar-refractivity contribution in [3.63, 3.8) is 0 Å². The monoisotopic (exact) mass is 664 g/mol. The van der Waals surface area contributed by atoms with Crippen LogP contribution in [0.15, 0.2) is 24.3 Å². The number of aryl methyl sites for hydroxylation is 2. The molecule has 266 valence electrons. The molecule has 2 aromatic carbocycles. The van der Waals surface area contributed by atoms with Crippen molar-refractivity contribution in [3.05, 3.63) is 57.6 Å². The van der Waals surface area contributed by atoms with Gasteiger partial charge in [-0.25, -0.2) is 0 Å². The van der Waals surface area contributed by atoms with E-state index in [1.807, 2.05) is 107 Å². The summed E-state index contributed by atoms with van der Waals surface area (Å²) in [5.41, 5.74) is 4.07. The number of aromatic hydroxyl groups is 2. The molecule has 48 heavy (non-hydrogen) atoms. The van der Waals surface area contributed by atoms with E-state index in [2.05, 4.69) is 10.6 Å². The van der Waals surface area contributed by atoms with E-state index in [-0.39, 0.29) is 70.7 Å². The Morgan fingerprint density at radius 2 is 0.688 bits per heavy atom. The largest absolute Gasteiger partial charge is 0.507 e. The van der Waals surface area contributed by atoms with Crippen molar-refractivity contribution in [1.29, 1.82) is 0 Å². The van der Waals surface area contributed by atoms with E-state index in [4.69, 9.17) is 0 Å². The molecular formula is C40H60N2O6. The number of hydrogen-bond acceptors (Lipinski definition) is 6. The summed E-state index contributed by atoms with van der Waals surface area (Å²) < 4.78 is 0. The normalized spacial score (nSPS) is 12.5. The Morgan fingerprint density at radius 3 is 0.917 bits per heavy atom. The molecule has 0 saturated carbocycles. The predicted octanol–water partition coefficient (Wildman–Crippen LogP) is 7.70. The number of rotatable bonds is 11. The van der Waals surface area contributed by atoms with Crippen molar-refractivity contribution in [2.24, 2.45) is 0 Å². The molecule has 0 bridgehead atoms. The first-order valence-corrected chi connectivity index (χ1v) is 17.2. The summed E-state index contributed by atoms with van der Waals surface area (Å²) in [6.45, 7) is 24.4. The van der Waals surface area contributed by atoms with Crippen LogP contribution in [0.5, 0.6) is 11.5 Å². The van der Waals surface area contributed by atoms with Gasteiger partial charge in [-0.3, -0.25) is 29.8 Å². The fraction of sp³-hybridized carbons (Fsp3) is 0.600. The minimum Gasteiger partial charge on any atom is -0.507 e. The van der Waals surface area contributed by atoms with Crippen LogP contribution in [0.25, 0.3) is 0 Å². The zero-order valence-corrected chi connectivity index (χ0v) is 31.5. The van der Waals surface area contributed by atoms with Crippen LogP contribution in [0.1, 0.15) is 155 Å². The van der Waals surface area contributed by atoms with Gasteiger partial charge in [0.15, 0.2) is 0 Å². The summed E-state index contributed by atoms with van der Waals surface area (Å²) in [5, 5.41) is 26.7. The van der Waals surface area contributed by atoms with Crippen LogP contribution in [0.2, 0.25) is 0 Å². The third kappa shape index (κ3) is 12.1. The van der Waals surface area contributed by atoms with Gasteiger partial charge in [0.05, 0.1) is 0 Å². The molecule has 2 rings (SSSR count). The number of carbonyl (C=O) groups is 4. The van der Waals surface area contributed by atoms with E-state index in [9.17, 15) is 29.4 Å². The maximum Gasteiger partial charge on any atom is 0.226 e. The molecule has 4 amide bonds. The SMILES string of the molecule is CC(C)(C)c1cc(CCC(=O)NC(=O)CCCCC(=O)NC(=O)CCc2cc(C(C)(C)C)c(O)c(C(C)(C)C)c2)cc(C(C)(C)C)c1O. The van der Waals surface area contributed by atoms with Crippen molar-refractivity contribution in [1.82, 2.24) is 10.6 Å². The Labute approximate surface area is 288 Å². The minimum absolute atomic E-state index is 0.0988. The molecule has 4 N–H and O–H groups in total. The van der Waals surface area contributed by atoms with Gasteiger partial charge in [0.2, 0.25) is 23.6 Å². The first kappa shape index (κ1) is 40.5. The fourth-order valence-corrected chi connectivity index (χ4v) is 5.61. The van der Waals surface area contributed by atoms with E-state index >= 15 is 0 Å². The highest BCUT2D eigenvalue weighted by molar-refractivity contribution is 5.96. The number of unbranched alkanes of at least 4 members (excludes halogenated alkanes) is 1. The van der Waals surface area contributed by atoms with Crippen LogP contribution >= 0.6 is 0 Å². The van der Waals surface area contributed by atoms with Gasteiger partial charge in [0.1, 0.15) is 11.5 Å². The smallest absolute Gasteiger partial charge is 0.226 e. The Hall–Kier alpha value is -3.68. The van der Waals surface area contributed by atoms with Crippen LogP contribution in [-0.2, 0) is 53.7 Å². The van der Waals surface area contributed by atoms with E-state index in [0.29, 0.717) is 25.7 Å². The van der Waals surface area contributed by atoms with Crippen LogP contribution in [0.4, 0.5) is 0 Å². The average Bonchev–Trinajstić information content (AvgIpc) is 2.91. The summed E-state index contributed by atoms with van der Waals surface area (Å²) in [7, 11) is 0. The van der Waals surface area contributed by atoms with E-state index in [0.717, 1.165) is 33.4 Å². The Balaban J connectivity index is 1.81. The molecule has 0 spiro atoms. The lowest BCUT2D eigenvalue weighted by Crippen LogP contribution is -2.31. The Morgan fingerprint density at radius 1 is 0.458 bits per heavy atom. The zero-order chi connectivity index (χ0) is 36.8. The van der Waals surface area contributed by atoms with Gasteiger partial charge in [0.25, 0.3) is 0 Å². The lowest BCUT2D eigenvalue weighted by atomic mass is 9.78. The lowest BCUT2D eigenvalue weighted by molar-refractivity contribution is -0.132. The second kappa shape index (κ2) is 15.7. The third-order valence-electron chi connectivity index (χ3n) is 8.47. The molecule has 0 aromatic heterocycles. The molecule has 8 nitrogen and oxygen atoms in total. The van der Waals surface area contributed by atoms with Crippen LogP contribution in [-0.4, -0.2) is 33.8 Å². The molecular weight excluding hydrogens is 604 g/mol. The molecule has 0 heterocycles. The summed E-state index contributed by atoms with van der Waals surface area (Å²) in [5.74, 6) is -0.963. The summed E-state index contributed by atoms with van der Waals surface area (Å²) in [6, 6.07) is 7.76. The zero-order valence-electron chi connectivity index (χ0n) is 31.5. The molecule has 0 aliphatic heterocycles. The highest BCUT2D eigenvalue weighted by atomic mass is 16.3. The Kier molecular flexibility index (Phi) is 13.2. The summed E-state index contributed by atoms with van der Waals surface area (Å²) in [6.07, 6.45) is 2.14. The highest BCUT2D eigenvalue weighted by Gasteiger charge is 2.28. The minimum atomic E-state index is -0.397. The van der Waals surface area contributed by atoms with Gasteiger partial charge in [-0.1, -0.05) is 107 Å². The van der Waals surface area contributed by atoms with Gasteiger partial charge >= 0.3 is 0 Å². The second-order valence-corrected chi connectivity index (χ2v) is 17.2. The number of nitrogens with one attached hydrogen (secondary N) is 2. The van der Waals surface area contributed by atoms with E-state index in [1.54, 1.807) is 0 Å². The Bertz CT molecular complexity index is 1310. The molecule has 0 atom stereocenters. The predicted molar refractivity (Wildman–Crippen MR) is 192 cm³/mol. The number of phenols is 2. The second-order valence-electron chi connectivity index (χ2n) is 17.2. The van der Waals surface area contributed by atoms with E-state index in [1.165, 1.54) is 0 Å². The number of imide groups is 2.